The predicted molar refractivity (Wildman–Crippen MR) is 73.6 cm³/mol. The number of nitrogens with zero attached hydrogens (tertiary/aromatic N) is 2. The molecule has 0 saturated carbocycles. The Bertz CT molecular complexity index is 634. The van der Waals surface area contributed by atoms with E-state index in [0.29, 0.717) is 17.8 Å². The van der Waals surface area contributed by atoms with Crippen LogP contribution in [0, 0.1) is 0 Å². The second kappa shape index (κ2) is 6.01. The molecule has 1 aromatic carbocycles. The smallest absolute Gasteiger partial charge is 0.303 e. The molecule has 0 bridgehead atoms. The van der Waals surface area contributed by atoms with Gasteiger partial charge in [0.2, 0.25) is 0 Å². The molecule has 1 aromatic heterocycles. The van der Waals surface area contributed by atoms with E-state index in [9.17, 15) is 9.59 Å². The highest BCUT2D eigenvalue weighted by Crippen LogP contribution is 2.17. The first-order valence-electron chi connectivity index (χ1n) is 6.15. The number of anilines is 1. The third-order valence-corrected chi connectivity index (χ3v) is 2.81. The van der Waals surface area contributed by atoms with Gasteiger partial charge in [-0.1, -0.05) is 18.2 Å². The number of carboxylic acids is 1. The van der Waals surface area contributed by atoms with Gasteiger partial charge in [-0.05, 0) is 18.1 Å². The fraction of sp³-hybridized carbons (Fsp3) is 0.214. The summed E-state index contributed by atoms with van der Waals surface area (Å²) in [6.07, 6.45) is 3.56. The van der Waals surface area contributed by atoms with Crippen molar-refractivity contribution in [2.24, 2.45) is 7.05 Å². The van der Waals surface area contributed by atoms with Crippen LogP contribution in [0.5, 0.6) is 0 Å². The molecule has 104 valence electrons. The maximum Gasteiger partial charge on any atom is 0.303 e. The van der Waals surface area contributed by atoms with E-state index < -0.39 is 5.97 Å². The quantitative estimate of drug-likeness (QED) is 0.868. The van der Waals surface area contributed by atoms with Gasteiger partial charge >= 0.3 is 5.97 Å². The lowest BCUT2D eigenvalue weighted by molar-refractivity contribution is -0.136. The van der Waals surface area contributed by atoms with Gasteiger partial charge in [-0.2, -0.15) is 0 Å². The maximum atomic E-state index is 12.0. The number of hydrogen-bond acceptors (Lipinski definition) is 3. The third-order valence-electron chi connectivity index (χ3n) is 2.81. The van der Waals surface area contributed by atoms with E-state index in [-0.39, 0.29) is 12.3 Å². The highest BCUT2D eigenvalue weighted by atomic mass is 16.4. The Morgan fingerprint density at radius 3 is 2.75 bits per heavy atom. The molecular formula is C14H15N3O3. The molecule has 0 aliphatic heterocycles. The lowest BCUT2D eigenvalue weighted by atomic mass is 10.1. The molecule has 0 atom stereocenters. The van der Waals surface area contributed by atoms with Gasteiger partial charge < -0.3 is 15.0 Å². The van der Waals surface area contributed by atoms with Crippen LogP contribution in [0.4, 0.5) is 5.69 Å². The molecule has 0 aliphatic carbocycles. The minimum atomic E-state index is -0.865. The van der Waals surface area contributed by atoms with Crippen LogP contribution in [-0.4, -0.2) is 26.5 Å². The number of amides is 1. The van der Waals surface area contributed by atoms with Crippen molar-refractivity contribution in [3.05, 3.63) is 48.0 Å². The van der Waals surface area contributed by atoms with Gasteiger partial charge in [0.15, 0.2) is 0 Å². The summed E-state index contributed by atoms with van der Waals surface area (Å²) < 4.78 is 1.69. The molecule has 0 saturated heterocycles. The number of carbonyl (C=O) groups is 2. The number of aromatic nitrogens is 2. The minimum Gasteiger partial charge on any atom is -0.481 e. The molecule has 2 aromatic rings. The molecule has 1 heterocycles. The zero-order valence-corrected chi connectivity index (χ0v) is 11.0. The van der Waals surface area contributed by atoms with Gasteiger partial charge in [0.25, 0.3) is 5.91 Å². The molecule has 0 fully saturated rings. The number of aliphatic carboxylic acids is 1. The van der Waals surface area contributed by atoms with Crippen molar-refractivity contribution >= 4 is 17.6 Å². The number of hydrogen-bond donors (Lipinski definition) is 2. The Morgan fingerprint density at radius 2 is 2.10 bits per heavy atom. The summed E-state index contributed by atoms with van der Waals surface area (Å²) in [7, 11) is 1.78. The number of nitrogens with one attached hydrogen (secondary N) is 1. The summed E-state index contributed by atoms with van der Waals surface area (Å²) in [5, 5.41) is 11.5. The summed E-state index contributed by atoms with van der Waals surface area (Å²) in [5.41, 5.74) is 1.73. The molecule has 20 heavy (non-hydrogen) atoms. The Balaban J connectivity index is 2.12. The van der Waals surface area contributed by atoms with E-state index >= 15 is 0 Å². The number of benzene rings is 1. The summed E-state index contributed by atoms with van der Waals surface area (Å²) >= 11 is 0. The van der Waals surface area contributed by atoms with E-state index in [2.05, 4.69) is 10.3 Å². The Morgan fingerprint density at radius 1 is 1.35 bits per heavy atom. The summed E-state index contributed by atoms with van der Waals surface area (Å²) in [4.78, 5) is 26.6. The second-order valence-electron chi connectivity index (χ2n) is 4.43. The van der Waals surface area contributed by atoms with Gasteiger partial charge in [-0.3, -0.25) is 9.59 Å². The normalized spacial score (nSPS) is 10.2. The zero-order chi connectivity index (χ0) is 14.5. The average molecular weight is 273 g/mol. The number of carbonyl (C=O) groups excluding carboxylic acids is 1. The van der Waals surface area contributed by atoms with Crippen LogP contribution in [-0.2, 0) is 18.3 Å². The van der Waals surface area contributed by atoms with E-state index in [1.807, 2.05) is 6.07 Å². The molecule has 0 aliphatic rings. The summed E-state index contributed by atoms with van der Waals surface area (Å²) in [6.45, 7) is 0. The lowest BCUT2D eigenvalue weighted by Crippen LogP contribution is -2.14. The van der Waals surface area contributed by atoms with Gasteiger partial charge in [0.1, 0.15) is 5.69 Å². The summed E-state index contributed by atoms with van der Waals surface area (Å²) in [5.74, 6) is -1.18. The van der Waals surface area contributed by atoms with E-state index in [0.717, 1.165) is 5.56 Å². The fourth-order valence-electron chi connectivity index (χ4n) is 1.82. The van der Waals surface area contributed by atoms with Crippen LogP contribution in [0.15, 0.2) is 36.8 Å². The number of para-hydroxylation sites is 1. The lowest BCUT2D eigenvalue weighted by Gasteiger charge is -2.09. The first-order chi connectivity index (χ1) is 9.56. The van der Waals surface area contributed by atoms with Crippen LogP contribution in [0.3, 0.4) is 0 Å². The number of aryl methyl sites for hydroxylation is 2. The van der Waals surface area contributed by atoms with Crippen molar-refractivity contribution < 1.29 is 14.7 Å². The average Bonchev–Trinajstić information content (AvgIpc) is 2.84. The van der Waals surface area contributed by atoms with Gasteiger partial charge in [0, 0.05) is 25.4 Å². The Labute approximate surface area is 116 Å². The Kier molecular flexibility index (Phi) is 4.14. The van der Waals surface area contributed by atoms with Crippen molar-refractivity contribution in [1.29, 1.82) is 0 Å². The Hall–Kier alpha value is -2.63. The van der Waals surface area contributed by atoms with Crippen molar-refractivity contribution in [2.45, 2.75) is 12.8 Å². The molecule has 0 spiro atoms. The number of rotatable bonds is 5. The van der Waals surface area contributed by atoms with Gasteiger partial charge in [0.05, 0.1) is 6.33 Å². The second-order valence-corrected chi connectivity index (χ2v) is 4.43. The first kappa shape index (κ1) is 13.8. The highest BCUT2D eigenvalue weighted by molar-refractivity contribution is 6.03. The molecule has 6 nitrogen and oxygen atoms in total. The van der Waals surface area contributed by atoms with Crippen molar-refractivity contribution in [3.8, 4) is 0 Å². The molecule has 2 N–H and O–H groups in total. The van der Waals surface area contributed by atoms with Crippen LogP contribution < -0.4 is 5.32 Å². The van der Waals surface area contributed by atoms with Crippen molar-refractivity contribution in [2.75, 3.05) is 5.32 Å². The van der Waals surface area contributed by atoms with Crippen LogP contribution in [0.2, 0.25) is 0 Å². The number of carboxylic acid groups (broad SMARTS) is 1. The molecule has 0 unspecified atom stereocenters. The van der Waals surface area contributed by atoms with Crippen LogP contribution in [0.25, 0.3) is 0 Å². The fourth-order valence-corrected chi connectivity index (χ4v) is 1.82. The standard InChI is InChI=1S/C14H15N3O3/c1-17-8-12(15-9-17)14(20)16-11-5-3-2-4-10(11)6-7-13(18)19/h2-5,8-9H,6-7H2,1H3,(H,16,20)(H,18,19). The summed E-state index contributed by atoms with van der Waals surface area (Å²) in [6, 6.07) is 7.15. The maximum absolute atomic E-state index is 12.0. The zero-order valence-electron chi connectivity index (χ0n) is 11.0. The molecule has 0 radical (unpaired) electrons. The van der Waals surface area contributed by atoms with Gasteiger partial charge in [-0.25, -0.2) is 4.98 Å². The third kappa shape index (κ3) is 3.44. The molecule has 6 heteroatoms. The van der Waals surface area contributed by atoms with Gasteiger partial charge in [-0.15, -0.1) is 0 Å². The first-order valence-corrected chi connectivity index (χ1v) is 6.15. The minimum absolute atomic E-state index is 0.0243. The van der Waals surface area contributed by atoms with E-state index in [1.54, 1.807) is 42.3 Å². The predicted octanol–water partition coefficient (Wildman–Crippen LogP) is 1.69. The molecule has 2 rings (SSSR count). The number of imidazole rings is 1. The van der Waals surface area contributed by atoms with Crippen molar-refractivity contribution in [1.82, 2.24) is 9.55 Å². The topological polar surface area (TPSA) is 84.2 Å². The molecular weight excluding hydrogens is 258 g/mol. The SMILES string of the molecule is Cn1cnc(C(=O)Nc2ccccc2CCC(=O)O)c1. The van der Waals surface area contributed by atoms with Crippen LogP contribution >= 0.6 is 0 Å². The largest absolute Gasteiger partial charge is 0.481 e. The van der Waals surface area contributed by atoms with E-state index in [1.165, 1.54) is 0 Å². The molecule has 1 amide bonds. The van der Waals surface area contributed by atoms with Crippen molar-refractivity contribution in [3.63, 3.8) is 0 Å². The monoisotopic (exact) mass is 273 g/mol. The highest BCUT2D eigenvalue weighted by Gasteiger charge is 2.11. The van der Waals surface area contributed by atoms with E-state index in [4.69, 9.17) is 5.11 Å². The van der Waals surface area contributed by atoms with Crippen LogP contribution in [0.1, 0.15) is 22.5 Å².